The average molecular weight is 456 g/mol. The number of aromatic carboxylic acids is 5. The molecule has 0 aliphatic heterocycles. The largest absolute Gasteiger partial charge is 0.489 e. The molecule has 0 fully saturated rings. The van der Waals surface area contributed by atoms with Crippen LogP contribution in [0.1, 0.15) is 58.7 Å². The quantitative estimate of drug-likeness (QED) is 0.190. The van der Waals surface area contributed by atoms with Gasteiger partial charge in [0.2, 0.25) is 0 Å². The van der Waals surface area contributed by atoms with E-state index in [0.717, 1.165) is 0 Å². The molecule has 1 atom stereocenters. The number of ether oxygens (including phenoxy) is 2. The van der Waals surface area contributed by atoms with Gasteiger partial charge in [0.1, 0.15) is 36.2 Å². The monoisotopic (exact) mass is 456 g/mol. The van der Waals surface area contributed by atoms with Gasteiger partial charge in [-0.05, 0) is 6.92 Å². The predicted molar refractivity (Wildman–Crippen MR) is 98.5 cm³/mol. The summed E-state index contributed by atoms with van der Waals surface area (Å²) in [5.41, 5.74) is -7.66. The number of aliphatic hydroxyl groups excluding tert-OH is 1. The van der Waals surface area contributed by atoms with E-state index in [9.17, 15) is 59.4 Å². The second-order valence-electron chi connectivity index (χ2n) is 6.07. The number of benzene rings is 1. The summed E-state index contributed by atoms with van der Waals surface area (Å²) in [5, 5.41) is 56.7. The highest BCUT2D eigenvalue weighted by Crippen LogP contribution is 2.35. The van der Waals surface area contributed by atoms with E-state index in [1.165, 1.54) is 6.92 Å². The minimum Gasteiger partial charge on any atom is -0.489 e. The highest BCUT2D eigenvalue weighted by molar-refractivity contribution is 6.19. The smallest absolute Gasteiger partial charge is 0.340 e. The van der Waals surface area contributed by atoms with Crippen LogP contribution in [0, 0.1) is 0 Å². The molecule has 1 aromatic carbocycles. The first-order chi connectivity index (χ1) is 14.7. The van der Waals surface area contributed by atoms with Crippen LogP contribution in [0.4, 0.5) is 0 Å². The zero-order valence-electron chi connectivity index (χ0n) is 16.1. The van der Waals surface area contributed by atoms with E-state index in [0.29, 0.717) is 0 Å². The summed E-state index contributed by atoms with van der Waals surface area (Å²) in [6.45, 7) is 2.86. The van der Waals surface area contributed by atoms with Gasteiger partial charge in [-0.3, -0.25) is 0 Å². The number of aliphatic hydroxyl groups is 1. The van der Waals surface area contributed by atoms with Crippen molar-refractivity contribution in [1.82, 2.24) is 0 Å². The number of rotatable bonds is 11. The summed E-state index contributed by atoms with van der Waals surface area (Å²) < 4.78 is 9.53. The van der Waals surface area contributed by atoms with Crippen molar-refractivity contribution in [2.24, 2.45) is 0 Å². The van der Waals surface area contributed by atoms with Crippen LogP contribution < -0.4 is 4.74 Å². The normalized spacial score (nSPS) is 11.2. The fraction of sp³-hybridized carbons (Fsp3) is 0.222. The molecule has 14 nitrogen and oxygen atoms in total. The molecular formula is C18H16O14. The lowest BCUT2D eigenvalue weighted by Crippen LogP contribution is -2.29. The first-order valence-electron chi connectivity index (χ1n) is 8.26. The van der Waals surface area contributed by atoms with Crippen LogP contribution in [0.15, 0.2) is 12.2 Å². The molecule has 0 radical (unpaired) electrons. The SMILES string of the molecule is C=C(C)C(=O)OCC(O)COc1c(C(=O)O)c(C(=O)O)c(C(=O)O)c(C(=O)O)c1C(=O)O. The lowest BCUT2D eigenvalue weighted by atomic mass is 9.89. The Labute approximate surface area is 177 Å². The van der Waals surface area contributed by atoms with Gasteiger partial charge < -0.3 is 40.1 Å². The molecule has 0 saturated heterocycles. The number of hydrogen-bond donors (Lipinski definition) is 6. The molecule has 0 aromatic heterocycles. The Morgan fingerprint density at radius 3 is 1.38 bits per heavy atom. The van der Waals surface area contributed by atoms with E-state index in [2.05, 4.69) is 11.3 Å². The molecule has 0 aliphatic rings. The number of carbonyl (C=O) groups excluding carboxylic acids is 1. The molecule has 1 unspecified atom stereocenters. The number of carbonyl (C=O) groups is 6. The Morgan fingerprint density at radius 2 is 1.06 bits per heavy atom. The van der Waals surface area contributed by atoms with E-state index in [1.807, 2.05) is 0 Å². The molecule has 6 N–H and O–H groups in total. The van der Waals surface area contributed by atoms with Crippen LogP contribution in [0.3, 0.4) is 0 Å². The molecule has 32 heavy (non-hydrogen) atoms. The van der Waals surface area contributed by atoms with Crippen LogP contribution in [-0.2, 0) is 9.53 Å². The fourth-order valence-electron chi connectivity index (χ4n) is 2.44. The van der Waals surface area contributed by atoms with Gasteiger partial charge in [0.25, 0.3) is 0 Å². The molecule has 14 heteroatoms. The molecule has 172 valence electrons. The fourth-order valence-corrected chi connectivity index (χ4v) is 2.44. The van der Waals surface area contributed by atoms with Crippen molar-refractivity contribution in [3.8, 4) is 5.75 Å². The maximum Gasteiger partial charge on any atom is 0.340 e. The summed E-state index contributed by atoms with van der Waals surface area (Å²) in [6, 6.07) is 0. The highest BCUT2D eigenvalue weighted by Gasteiger charge is 2.39. The van der Waals surface area contributed by atoms with Gasteiger partial charge >= 0.3 is 35.8 Å². The zero-order chi connectivity index (χ0) is 24.9. The number of carboxylic acid groups (broad SMARTS) is 5. The lowest BCUT2D eigenvalue weighted by Gasteiger charge is -2.20. The van der Waals surface area contributed by atoms with Gasteiger partial charge in [-0.2, -0.15) is 0 Å². The van der Waals surface area contributed by atoms with Crippen LogP contribution in [0.2, 0.25) is 0 Å². The van der Waals surface area contributed by atoms with Crippen molar-refractivity contribution in [2.75, 3.05) is 13.2 Å². The Bertz CT molecular complexity index is 982. The first kappa shape index (κ1) is 25.6. The van der Waals surface area contributed by atoms with Crippen molar-refractivity contribution in [3.05, 3.63) is 40.0 Å². The standard InChI is InChI=1S/C18H16O14/c1-5(2)18(30)32-4-6(19)3-31-12-10(16(26)27)8(14(22)23)7(13(20)21)9(15(24)25)11(12)17(28)29/h6,19H,1,3-4H2,2H3,(H,20,21)(H,22,23)(H,24,25)(H,26,27)(H,28,29). The van der Waals surface area contributed by atoms with Crippen molar-refractivity contribution in [3.63, 3.8) is 0 Å². The third-order valence-corrected chi connectivity index (χ3v) is 3.70. The van der Waals surface area contributed by atoms with E-state index < -0.39 is 88.7 Å². The average Bonchev–Trinajstić information content (AvgIpc) is 2.67. The van der Waals surface area contributed by atoms with Gasteiger partial charge in [-0.1, -0.05) is 6.58 Å². The van der Waals surface area contributed by atoms with Gasteiger partial charge in [0, 0.05) is 5.57 Å². The lowest BCUT2D eigenvalue weighted by molar-refractivity contribution is -0.142. The van der Waals surface area contributed by atoms with Gasteiger partial charge in [0.15, 0.2) is 0 Å². The van der Waals surface area contributed by atoms with Crippen molar-refractivity contribution in [1.29, 1.82) is 0 Å². The molecule has 0 bridgehead atoms. The first-order valence-corrected chi connectivity index (χ1v) is 8.26. The Morgan fingerprint density at radius 1 is 0.719 bits per heavy atom. The maximum absolute atomic E-state index is 11.7. The van der Waals surface area contributed by atoms with Gasteiger partial charge in [-0.25, -0.2) is 28.8 Å². The van der Waals surface area contributed by atoms with E-state index in [1.54, 1.807) is 0 Å². The Kier molecular flexibility index (Phi) is 8.02. The van der Waals surface area contributed by atoms with Crippen LogP contribution in [0.5, 0.6) is 5.75 Å². The maximum atomic E-state index is 11.7. The minimum absolute atomic E-state index is 0.0269. The highest BCUT2D eigenvalue weighted by atomic mass is 16.5. The molecule has 0 amide bonds. The summed E-state index contributed by atoms with van der Waals surface area (Å²) in [7, 11) is 0. The molecule has 0 saturated carbocycles. The molecule has 0 aliphatic carbocycles. The van der Waals surface area contributed by atoms with Gasteiger partial charge in [0.05, 0.1) is 16.7 Å². The van der Waals surface area contributed by atoms with Crippen molar-refractivity contribution in [2.45, 2.75) is 13.0 Å². The number of hydrogen-bond acceptors (Lipinski definition) is 9. The van der Waals surface area contributed by atoms with E-state index in [4.69, 9.17) is 4.74 Å². The van der Waals surface area contributed by atoms with Crippen LogP contribution in [0.25, 0.3) is 0 Å². The third-order valence-electron chi connectivity index (χ3n) is 3.70. The molecule has 1 aromatic rings. The number of carboxylic acids is 5. The Balaban J connectivity index is 3.74. The topological polar surface area (TPSA) is 242 Å². The summed E-state index contributed by atoms with van der Waals surface area (Å²) in [4.78, 5) is 69.5. The third kappa shape index (κ3) is 5.37. The predicted octanol–water partition coefficient (Wildman–Crippen LogP) is 0.0366. The molecule has 0 spiro atoms. The molecule has 0 heterocycles. The molecular weight excluding hydrogens is 440 g/mol. The van der Waals surface area contributed by atoms with Gasteiger partial charge in [-0.15, -0.1) is 0 Å². The second-order valence-corrected chi connectivity index (χ2v) is 6.07. The van der Waals surface area contributed by atoms with Crippen molar-refractivity contribution < 1.29 is 68.9 Å². The van der Waals surface area contributed by atoms with E-state index >= 15 is 0 Å². The second kappa shape index (κ2) is 10.0. The van der Waals surface area contributed by atoms with Crippen LogP contribution in [-0.4, -0.2) is 85.8 Å². The Hall–Kier alpha value is -4.46. The summed E-state index contributed by atoms with van der Waals surface area (Å²) >= 11 is 0. The summed E-state index contributed by atoms with van der Waals surface area (Å²) in [5.74, 6) is -13.1. The minimum atomic E-state index is -2.22. The molecule has 1 rings (SSSR count). The summed E-state index contributed by atoms with van der Waals surface area (Å²) in [6.07, 6.45) is -1.71. The van der Waals surface area contributed by atoms with Crippen LogP contribution >= 0.6 is 0 Å². The van der Waals surface area contributed by atoms with E-state index in [-0.39, 0.29) is 5.57 Å². The van der Waals surface area contributed by atoms with Crippen molar-refractivity contribution >= 4 is 35.8 Å². The number of esters is 1. The zero-order valence-corrected chi connectivity index (χ0v) is 16.1.